The molecular weight excluding hydrogens is 272 g/mol. The second kappa shape index (κ2) is 4.95. The highest BCUT2D eigenvalue weighted by Gasteiger charge is 2.35. The number of amides is 1. The van der Waals surface area contributed by atoms with Crippen LogP contribution in [0, 0.1) is 10.1 Å². The van der Waals surface area contributed by atoms with E-state index in [9.17, 15) is 14.9 Å². The first-order chi connectivity index (χ1) is 10.1. The van der Waals surface area contributed by atoms with Gasteiger partial charge in [-0.3, -0.25) is 19.9 Å². The van der Waals surface area contributed by atoms with Gasteiger partial charge < -0.3 is 10.6 Å². The van der Waals surface area contributed by atoms with Crippen molar-refractivity contribution in [2.75, 3.05) is 4.90 Å². The second-order valence-electron chi connectivity index (χ2n) is 4.76. The summed E-state index contributed by atoms with van der Waals surface area (Å²) in [6.07, 6.45) is 3.29. The summed E-state index contributed by atoms with van der Waals surface area (Å²) < 4.78 is 0. The maximum Gasteiger partial charge on any atom is 0.269 e. The fraction of sp³-hybridized carbons (Fsp3) is 0.143. The molecule has 2 N–H and O–H groups in total. The van der Waals surface area contributed by atoms with Crippen LogP contribution >= 0.6 is 0 Å². The maximum atomic E-state index is 12.3. The molecule has 0 saturated heterocycles. The van der Waals surface area contributed by atoms with Crippen LogP contribution in [0.15, 0.2) is 42.7 Å². The molecule has 1 amide bonds. The molecule has 1 aliphatic heterocycles. The average molecular weight is 284 g/mol. The first-order valence-corrected chi connectivity index (χ1v) is 6.32. The standard InChI is InChI=1S/C14H12N4O3/c15-13-11-7-10(18(20)21)1-2-12(11)17(14(13)19)8-9-3-5-16-6-4-9/h1-7,13H,8,15H2. The highest BCUT2D eigenvalue weighted by atomic mass is 16.6. The van der Waals surface area contributed by atoms with Crippen molar-refractivity contribution in [1.82, 2.24) is 4.98 Å². The summed E-state index contributed by atoms with van der Waals surface area (Å²) in [6.45, 7) is 0.361. The van der Waals surface area contributed by atoms with Crippen LogP contribution in [-0.2, 0) is 11.3 Å². The van der Waals surface area contributed by atoms with Crippen LogP contribution < -0.4 is 10.6 Å². The van der Waals surface area contributed by atoms with E-state index >= 15 is 0 Å². The molecule has 0 saturated carbocycles. The van der Waals surface area contributed by atoms with Crippen molar-refractivity contribution in [3.8, 4) is 0 Å². The molecule has 1 aromatic carbocycles. The molecule has 3 rings (SSSR count). The molecule has 1 unspecified atom stereocenters. The molecule has 7 nitrogen and oxygen atoms in total. The van der Waals surface area contributed by atoms with Crippen LogP contribution in [0.2, 0.25) is 0 Å². The van der Waals surface area contributed by atoms with Crippen molar-refractivity contribution < 1.29 is 9.72 Å². The molecular formula is C14H12N4O3. The zero-order valence-electron chi connectivity index (χ0n) is 11.0. The minimum absolute atomic E-state index is 0.0669. The summed E-state index contributed by atoms with van der Waals surface area (Å²) in [5, 5.41) is 10.8. The second-order valence-corrected chi connectivity index (χ2v) is 4.76. The summed E-state index contributed by atoms with van der Waals surface area (Å²) in [5.41, 5.74) is 7.83. The van der Waals surface area contributed by atoms with Crippen molar-refractivity contribution >= 4 is 17.3 Å². The Morgan fingerprint density at radius 3 is 2.67 bits per heavy atom. The van der Waals surface area contributed by atoms with Crippen molar-refractivity contribution in [3.05, 3.63) is 64.0 Å². The van der Waals surface area contributed by atoms with Gasteiger partial charge in [0.25, 0.3) is 5.69 Å². The number of hydrogen-bond donors (Lipinski definition) is 1. The lowest BCUT2D eigenvalue weighted by atomic mass is 10.1. The third-order valence-electron chi connectivity index (χ3n) is 3.47. The van der Waals surface area contributed by atoms with Crippen LogP contribution in [0.5, 0.6) is 0 Å². The molecule has 1 aromatic heterocycles. The van der Waals surface area contributed by atoms with Gasteiger partial charge in [-0.1, -0.05) is 0 Å². The Labute approximate surface area is 120 Å². The van der Waals surface area contributed by atoms with Crippen LogP contribution in [0.3, 0.4) is 0 Å². The molecule has 1 aliphatic rings. The van der Waals surface area contributed by atoms with Gasteiger partial charge in [0.15, 0.2) is 0 Å². The first-order valence-electron chi connectivity index (χ1n) is 6.32. The van der Waals surface area contributed by atoms with Gasteiger partial charge in [0.1, 0.15) is 6.04 Å². The minimum Gasteiger partial charge on any atom is -0.316 e. The number of aromatic nitrogens is 1. The minimum atomic E-state index is -0.860. The van der Waals surface area contributed by atoms with E-state index in [1.54, 1.807) is 23.4 Å². The van der Waals surface area contributed by atoms with Gasteiger partial charge in [-0.2, -0.15) is 0 Å². The number of nitro benzene ring substituents is 1. The number of rotatable bonds is 3. The van der Waals surface area contributed by atoms with E-state index in [0.717, 1.165) is 5.56 Å². The van der Waals surface area contributed by atoms with Crippen molar-refractivity contribution in [2.24, 2.45) is 5.73 Å². The molecule has 0 aliphatic carbocycles. The highest BCUT2D eigenvalue weighted by molar-refractivity contribution is 6.04. The van der Waals surface area contributed by atoms with Crippen LogP contribution in [0.25, 0.3) is 0 Å². The maximum absolute atomic E-state index is 12.3. The zero-order valence-corrected chi connectivity index (χ0v) is 11.0. The Bertz CT molecular complexity index is 717. The van der Waals surface area contributed by atoms with E-state index in [4.69, 9.17) is 5.73 Å². The molecule has 2 heterocycles. The predicted octanol–water partition coefficient (Wildman–Crippen LogP) is 1.54. The van der Waals surface area contributed by atoms with Crippen molar-refractivity contribution in [2.45, 2.75) is 12.6 Å². The monoisotopic (exact) mass is 284 g/mol. The fourth-order valence-corrected chi connectivity index (χ4v) is 2.40. The summed E-state index contributed by atoms with van der Waals surface area (Å²) in [5.74, 6) is -0.262. The number of nitrogens with zero attached hydrogens (tertiary/aromatic N) is 3. The third kappa shape index (κ3) is 2.23. The third-order valence-corrected chi connectivity index (χ3v) is 3.47. The average Bonchev–Trinajstić information content (AvgIpc) is 2.73. The Morgan fingerprint density at radius 2 is 2.00 bits per heavy atom. The molecule has 0 radical (unpaired) electrons. The largest absolute Gasteiger partial charge is 0.316 e. The lowest BCUT2D eigenvalue weighted by Crippen LogP contribution is -2.31. The summed E-state index contributed by atoms with van der Waals surface area (Å²) in [4.78, 5) is 28.1. The molecule has 0 spiro atoms. The number of benzene rings is 1. The van der Waals surface area contributed by atoms with Crippen LogP contribution in [0.4, 0.5) is 11.4 Å². The van der Waals surface area contributed by atoms with Crippen molar-refractivity contribution in [3.63, 3.8) is 0 Å². The van der Waals surface area contributed by atoms with Crippen LogP contribution in [-0.4, -0.2) is 15.8 Å². The lowest BCUT2D eigenvalue weighted by Gasteiger charge is -2.17. The Hall–Kier alpha value is -2.80. The topological polar surface area (TPSA) is 102 Å². The van der Waals surface area contributed by atoms with Gasteiger partial charge in [-0.15, -0.1) is 0 Å². The van der Waals surface area contributed by atoms with Gasteiger partial charge in [0.2, 0.25) is 5.91 Å². The van der Waals surface area contributed by atoms with Gasteiger partial charge in [-0.25, -0.2) is 0 Å². The number of nitrogens with two attached hydrogens (primary N) is 1. The molecule has 7 heteroatoms. The van der Waals surface area contributed by atoms with E-state index in [2.05, 4.69) is 4.98 Å². The summed E-state index contributed by atoms with van der Waals surface area (Å²) >= 11 is 0. The van der Waals surface area contributed by atoms with E-state index in [0.29, 0.717) is 17.8 Å². The number of anilines is 1. The quantitative estimate of drug-likeness (QED) is 0.680. The molecule has 1 atom stereocenters. The number of non-ortho nitro benzene ring substituents is 1. The van der Waals surface area contributed by atoms with Gasteiger partial charge in [0.05, 0.1) is 11.5 Å². The van der Waals surface area contributed by atoms with E-state index < -0.39 is 11.0 Å². The molecule has 106 valence electrons. The lowest BCUT2D eigenvalue weighted by molar-refractivity contribution is -0.384. The Morgan fingerprint density at radius 1 is 1.29 bits per heavy atom. The van der Waals surface area contributed by atoms with Crippen molar-refractivity contribution in [1.29, 1.82) is 0 Å². The van der Waals surface area contributed by atoms with E-state index in [-0.39, 0.29) is 11.6 Å². The summed E-state index contributed by atoms with van der Waals surface area (Å²) in [6, 6.07) is 7.07. The smallest absolute Gasteiger partial charge is 0.269 e. The first kappa shape index (κ1) is 13.2. The number of nitro groups is 1. The van der Waals surface area contributed by atoms with E-state index in [1.165, 1.54) is 12.1 Å². The van der Waals surface area contributed by atoms with E-state index in [1.807, 2.05) is 12.1 Å². The Balaban J connectivity index is 1.98. The number of fused-ring (bicyclic) bond motifs is 1. The number of carbonyl (C=O) groups is 1. The predicted molar refractivity (Wildman–Crippen MR) is 75.5 cm³/mol. The fourth-order valence-electron chi connectivity index (χ4n) is 2.40. The zero-order chi connectivity index (χ0) is 15.0. The molecule has 21 heavy (non-hydrogen) atoms. The number of pyridine rings is 1. The highest BCUT2D eigenvalue weighted by Crippen LogP contribution is 2.37. The normalized spacial score (nSPS) is 16.9. The Kier molecular flexibility index (Phi) is 3.11. The molecule has 0 fully saturated rings. The SMILES string of the molecule is NC1C(=O)N(Cc2ccncc2)c2ccc([N+](=O)[O-])cc21. The molecule has 2 aromatic rings. The van der Waals surface area contributed by atoms with Crippen LogP contribution in [0.1, 0.15) is 17.2 Å². The number of hydrogen-bond acceptors (Lipinski definition) is 5. The molecule has 0 bridgehead atoms. The summed E-state index contributed by atoms with van der Waals surface area (Å²) in [7, 11) is 0. The number of carbonyl (C=O) groups excluding carboxylic acids is 1. The van der Waals surface area contributed by atoms with Gasteiger partial charge in [-0.05, 0) is 23.8 Å². The van der Waals surface area contributed by atoms with Gasteiger partial charge >= 0.3 is 0 Å². The van der Waals surface area contributed by atoms with Gasteiger partial charge in [0, 0.05) is 35.8 Å².